The van der Waals surface area contributed by atoms with Gasteiger partial charge in [0.25, 0.3) is 0 Å². The molecule has 1 N–H and O–H groups in total. The van der Waals surface area contributed by atoms with Crippen molar-refractivity contribution in [3.63, 3.8) is 0 Å². The van der Waals surface area contributed by atoms with E-state index in [1.807, 2.05) is 60.0 Å². The monoisotopic (exact) mass is 396 g/mol. The Labute approximate surface area is 169 Å². The number of aromatic nitrogens is 3. The molecule has 7 heteroatoms. The Balaban J connectivity index is 1.69. The van der Waals surface area contributed by atoms with E-state index in [1.54, 1.807) is 7.11 Å². The quantitative estimate of drug-likeness (QED) is 0.576. The smallest absolute Gasteiger partial charge is 0.234 e. The number of anilines is 1. The molecule has 0 saturated heterocycles. The van der Waals surface area contributed by atoms with E-state index in [9.17, 15) is 4.79 Å². The number of hydrogen-bond donors (Lipinski definition) is 1. The molecule has 1 aromatic heterocycles. The van der Waals surface area contributed by atoms with E-state index < -0.39 is 0 Å². The lowest BCUT2D eigenvalue weighted by Gasteiger charge is -2.10. The van der Waals surface area contributed by atoms with Crippen molar-refractivity contribution in [1.29, 1.82) is 0 Å². The van der Waals surface area contributed by atoms with Crippen molar-refractivity contribution in [2.75, 3.05) is 18.2 Å². The average Bonchev–Trinajstić information content (AvgIpc) is 3.15. The zero-order valence-electron chi connectivity index (χ0n) is 16.3. The summed E-state index contributed by atoms with van der Waals surface area (Å²) in [6, 6.07) is 15.6. The second-order valence-electron chi connectivity index (χ2n) is 6.14. The maximum absolute atomic E-state index is 12.3. The van der Waals surface area contributed by atoms with Crippen LogP contribution in [-0.2, 0) is 17.8 Å². The molecular formula is C21H24N4O2S. The van der Waals surface area contributed by atoms with Crippen LogP contribution in [0.5, 0.6) is 5.75 Å². The number of benzene rings is 2. The van der Waals surface area contributed by atoms with Crippen LogP contribution in [0, 0.1) is 0 Å². The third-order valence-electron chi connectivity index (χ3n) is 4.36. The lowest BCUT2D eigenvalue weighted by molar-refractivity contribution is -0.113. The second kappa shape index (κ2) is 9.41. The standard InChI is InChI=1S/C21H24N4O2S/c1-4-15-10-12-16(13-11-15)22-19(26)14-28-21-24-23-20(25(21)5-2)17-8-6-7-9-18(17)27-3/h6-13H,4-5,14H2,1-3H3,(H,22,26). The van der Waals surface area contributed by atoms with E-state index in [1.165, 1.54) is 17.3 Å². The number of ether oxygens (including phenoxy) is 1. The van der Waals surface area contributed by atoms with E-state index in [2.05, 4.69) is 22.4 Å². The number of carbonyl (C=O) groups is 1. The first-order valence-electron chi connectivity index (χ1n) is 9.24. The minimum atomic E-state index is -0.0706. The topological polar surface area (TPSA) is 69.0 Å². The summed E-state index contributed by atoms with van der Waals surface area (Å²) in [6.45, 7) is 4.83. The molecule has 1 amide bonds. The van der Waals surface area contributed by atoms with E-state index in [0.29, 0.717) is 11.7 Å². The summed E-state index contributed by atoms with van der Waals surface area (Å²) < 4.78 is 7.43. The summed E-state index contributed by atoms with van der Waals surface area (Å²) >= 11 is 1.37. The van der Waals surface area contributed by atoms with Crippen LogP contribution in [0.1, 0.15) is 19.4 Å². The summed E-state index contributed by atoms with van der Waals surface area (Å²) in [6.07, 6.45) is 0.977. The van der Waals surface area contributed by atoms with Gasteiger partial charge < -0.3 is 14.6 Å². The van der Waals surface area contributed by atoms with Crippen molar-refractivity contribution in [3.05, 3.63) is 54.1 Å². The zero-order valence-corrected chi connectivity index (χ0v) is 17.1. The molecule has 6 nitrogen and oxygen atoms in total. The van der Waals surface area contributed by atoms with E-state index in [4.69, 9.17) is 4.74 Å². The van der Waals surface area contributed by atoms with Crippen LogP contribution < -0.4 is 10.1 Å². The highest BCUT2D eigenvalue weighted by molar-refractivity contribution is 7.99. The molecule has 3 aromatic rings. The fourth-order valence-electron chi connectivity index (χ4n) is 2.86. The first kappa shape index (κ1) is 19.9. The predicted octanol–water partition coefficient (Wildman–Crippen LogP) is 4.27. The molecule has 0 fully saturated rings. The third-order valence-corrected chi connectivity index (χ3v) is 5.33. The Kier molecular flexibility index (Phi) is 6.71. The molecule has 0 unspecified atom stereocenters. The molecule has 3 rings (SSSR count). The van der Waals surface area contributed by atoms with Gasteiger partial charge >= 0.3 is 0 Å². The van der Waals surface area contributed by atoms with Crippen molar-refractivity contribution >= 4 is 23.4 Å². The number of nitrogens with one attached hydrogen (secondary N) is 1. The van der Waals surface area contributed by atoms with Crippen molar-refractivity contribution in [3.8, 4) is 17.1 Å². The van der Waals surface area contributed by atoms with Gasteiger partial charge in [-0.15, -0.1) is 10.2 Å². The fraction of sp³-hybridized carbons (Fsp3) is 0.286. The van der Waals surface area contributed by atoms with E-state index in [-0.39, 0.29) is 11.7 Å². The number of amides is 1. The highest BCUT2D eigenvalue weighted by atomic mass is 32.2. The molecule has 0 aliphatic rings. The number of nitrogens with zero attached hydrogens (tertiary/aromatic N) is 3. The Bertz CT molecular complexity index is 938. The molecule has 2 aromatic carbocycles. The van der Waals surface area contributed by atoms with Gasteiger partial charge in [-0.25, -0.2) is 0 Å². The van der Waals surface area contributed by atoms with Gasteiger partial charge in [0.1, 0.15) is 5.75 Å². The molecule has 0 spiro atoms. The summed E-state index contributed by atoms with van der Waals surface area (Å²) in [5, 5.41) is 12.2. The number of aryl methyl sites for hydroxylation is 1. The highest BCUT2D eigenvalue weighted by Gasteiger charge is 2.17. The van der Waals surface area contributed by atoms with Crippen LogP contribution in [0.4, 0.5) is 5.69 Å². The summed E-state index contributed by atoms with van der Waals surface area (Å²) in [4.78, 5) is 12.3. The summed E-state index contributed by atoms with van der Waals surface area (Å²) in [5.74, 6) is 1.67. The number of rotatable bonds is 8. The van der Waals surface area contributed by atoms with Gasteiger partial charge in [0.2, 0.25) is 5.91 Å². The SMILES string of the molecule is CCc1ccc(NC(=O)CSc2nnc(-c3ccccc3OC)n2CC)cc1. The number of methoxy groups -OCH3 is 1. The van der Waals surface area contributed by atoms with Gasteiger partial charge in [-0.3, -0.25) is 4.79 Å². The first-order chi connectivity index (χ1) is 13.7. The summed E-state index contributed by atoms with van der Waals surface area (Å²) in [7, 11) is 1.64. The lowest BCUT2D eigenvalue weighted by atomic mass is 10.1. The number of carbonyl (C=O) groups excluding carboxylic acids is 1. The van der Waals surface area contributed by atoms with Gasteiger partial charge in [0.15, 0.2) is 11.0 Å². The molecule has 0 atom stereocenters. The molecular weight excluding hydrogens is 372 g/mol. The average molecular weight is 397 g/mol. The van der Waals surface area contributed by atoms with Crippen LogP contribution in [0.25, 0.3) is 11.4 Å². The van der Waals surface area contributed by atoms with Crippen LogP contribution in [0.2, 0.25) is 0 Å². The zero-order chi connectivity index (χ0) is 19.9. The summed E-state index contributed by atoms with van der Waals surface area (Å²) in [5.41, 5.74) is 2.92. The van der Waals surface area contributed by atoms with Crippen LogP contribution in [-0.4, -0.2) is 33.5 Å². The number of thioether (sulfide) groups is 1. The third kappa shape index (κ3) is 4.54. The fourth-order valence-corrected chi connectivity index (χ4v) is 3.66. The molecule has 0 saturated carbocycles. The van der Waals surface area contributed by atoms with Crippen molar-refractivity contribution in [2.45, 2.75) is 32.0 Å². The maximum atomic E-state index is 12.3. The Hall–Kier alpha value is -2.80. The van der Waals surface area contributed by atoms with Crippen molar-refractivity contribution < 1.29 is 9.53 Å². The predicted molar refractivity (Wildman–Crippen MR) is 113 cm³/mol. The van der Waals surface area contributed by atoms with E-state index in [0.717, 1.165) is 29.2 Å². The van der Waals surface area contributed by atoms with Crippen LogP contribution >= 0.6 is 11.8 Å². The minimum Gasteiger partial charge on any atom is -0.496 e. The normalized spacial score (nSPS) is 10.7. The van der Waals surface area contributed by atoms with Gasteiger partial charge in [-0.05, 0) is 43.2 Å². The number of hydrogen-bond acceptors (Lipinski definition) is 5. The number of para-hydroxylation sites is 1. The Morgan fingerprint density at radius 1 is 1.11 bits per heavy atom. The molecule has 0 aliphatic heterocycles. The largest absolute Gasteiger partial charge is 0.496 e. The molecule has 0 bridgehead atoms. The molecule has 28 heavy (non-hydrogen) atoms. The molecule has 0 radical (unpaired) electrons. The molecule has 0 aliphatic carbocycles. The van der Waals surface area contributed by atoms with Crippen molar-refractivity contribution in [1.82, 2.24) is 14.8 Å². The van der Waals surface area contributed by atoms with Crippen LogP contribution in [0.15, 0.2) is 53.7 Å². The van der Waals surface area contributed by atoms with Gasteiger partial charge in [0, 0.05) is 12.2 Å². The minimum absolute atomic E-state index is 0.0706. The van der Waals surface area contributed by atoms with E-state index >= 15 is 0 Å². The van der Waals surface area contributed by atoms with Crippen LogP contribution in [0.3, 0.4) is 0 Å². The van der Waals surface area contributed by atoms with Gasteiger partial charge in [0.05, 0.1) is 18.4 Å². The second-order valence-corrected chi connectivity index (χ2v) is 7.08. The Morgan fingerprint density at radius 2 is 1.86 bits per heavy atom. The first-order valence-corrected chi connectivity index (χ1v) is 10.2. The molecule has 1 heterocycles. The lowest BCUT2D eigenvalue weighted by Crippen LogP contribution is -2.14. The maximum Gasteiger partial charge on any atom is 0.234 e. The Morgan fingerprint density at radius 3 is 2.54 bits per heavy atom. The molecule has 146 valence electrons. The highest BCUT2D eigenvalue weighted by Crippen LogP contribution is 2.30. The van der Waals surface area contributed by atoms with Gasteiger partial charge in [-0.2, -0.15) is 0 Å². The van der Waals surface area contributed by atoms with Crippen molar-refractivity contribution in [2.24, 2.45) is 0 Å². The van der Waals surface area contributed by atoms with Gasteiger partial charge in [-0.1, -0.05) is 43.0 Å².